The fourth-order valence-electron chi connectivity index (χ4n) is 1.75. The van der Waals surface area contributed by atoms with Crippen LogP contribution in [0.25, 0.3) is 0 Å². The summed E-state index contributed by atoms with van der Waals surface area (Å²) in [7, 11) is 0. The zero-order valence-corrected chi connectivity index (χ0v) is 9.16. The van der Waals surface area contributed by atoms with Gasteiger partial charge in [-0.15, -0.1) is 0 Å². The number of imide groups is 1. The van der Waals surface area contributed by atoms with Crippen LogP contribution in [-0.2, 0) is 4.79 Å². The van der Waals surface area contributed by atoms with Crippen LogP contribution in [0.5, 0.6) is 0 Å². The Morgan fingerprint density at radius 2 is 2.00 bits per heavy atom. The molecule has 86 valence electrons. The SMILES string of the molecule is CC1CCN(CCC(=O)NC(N)=O)CC1. The standard InChI is InChI=1S/C10H19N3O2/c1-8-2-5-13(6-3-8)7-4-9(14)12-10(11)15/h8H,2-7H2,1H3,(H3,11,12,14,15). The Kier molecular flexibility index (Phi) is 4.55. The minimum Gasteiger partial charge on any atom is -0.351 e. The first-order chi connectivity index (χ1) is 7.08. The molecule has 1 fully saturated rings. The zero-order chi connectivity index (χ0) is 11.3. The van der Waals surface area contributed by atoms with Crippen molar-refractivity contribution in [3.05, 3.63) is 0 Å². The number of carbonyl (C=O) groups is 2. The normalized spacial score (nSPS) is 18.7. The van der Waals surface area contributed by atoms with E-state index < -0.39 is 6.03 Å². The number of nitrogens with zero attached hydrogens (tertiary/aromatic N) is 1. The molecule has 0 bridgehead atoms. The number of nitrogens with two attached hydrogens (primary N) is 1. The first kappa shape index (κ1) is 12.0. The summed E-state index contributed by atoms with van der Waals surface area (Å²) in [6, 6.07) is -0.771. The second kappa shape index (κ2) is 5.70. The minimum absolute atomic E-state index is 0.291. The molecule has 0 aromatic rings. The topological polar surface area (TPSA) is 75.4 Å². The van der Waals surface area contributed by atoms with E-state index in [1.165, 1.54) is 12.8 Å². The van der Waals surface area contributed by atoms with Crippen molar-refractivity contribution in [2.24, 2.45) is 11.7 Å². The Balaban J connectivity index is 2.14. The van der Waals surface area contributed by atoms with Crippen molar-refractivity contribution in [2.45, 2.75) is 26.2 Å². The van der Waals surface area contributed by atoms with Crippen molar-refractivity contribution in [1.82, 2.24) is 10.2 Å². The lowest BCUT2D eigenvalue weighted by atomic mass is 9.99. The molecule has 5 nitrogen and oxygen atoms in total. The van der Waals surface area contributed by atoms with E-state index in [4.69, 9.17) is 5.73 Å². The third-order valence-electron chi connectivity index (χ3n) is 2.79. The van der Waals surface area contributed by atoms with E-state index in [0.29, 0.717) is 13.0 Å². The van der Waals surface area contributed by atoms with Gasteiger partial charge in [-0.25, -0.2) is 4.79 Å². The summed E-state index contributed by atoms with van der Waals surface area (Å²) in [6.45, 7) is 5.05. The summed E-state index contributed by atoms with van der Waals surface area (Å²) >= 11 is 0. The molecule has 0 unspecified atom stereocenters. The molecule has 15 heavy (non-hydrogen) atoms. The highest BCUT2D eigenvalue weighted by Crippen LogP contribution is 2.15. The first-order valence-corrected chi connectivity index (χ1v) is 5.39. The predicted molar refractivity (Wildman–Crippen MR) is 57.2 cm³/mol. The molecular formula is C10H19N3O2. The quantitative estimate of drug-likeness (QED) is 0.708. The number of primary amides is 1. The molecule has 1 aliphatic heterocycles. The van der Waals surface area contributed by atoms with Gasteiger partial charge in [0.05, 0.1) is 0 Å². The van der Waals surface area contributed by atoms with Crippen LogP contribution >= 0.6 is 0 Å². The van der Waals surface area contributed by atoms with Gasteiger partial charge >= 0.3 is 6.03 Å². The number of hydrogen-bond donors (Lipinski definition) is 2. The van der Waals surface area contributed by atoms with Crippen molar-refractivity contribution in [2.75, 3.05) is 19.6 Å². The summed E-state index contributed by atoms with van der Waals surface area (Å²) < 4.78 is 0. The molecule has 0 aromatic carbocycles. The van der Waals surface area contributed by atoms with Crippen molar-refractivity contribution < 1.29 is 9.59 Å². The van der Waals surface area contributed by atoms with Gasteiger partial charge in [-0.2, -0.15) is 0 Å². The second-order valence-corrected chi connectivity index (χ2v) is 4.19. The van der Waals surface area contributed by atoms with Crippen LogP contribution in [-0.4, -0.2) is 36.5 Å². The minimum atomic E-state index is -0.771. The lowest BCUT2D eigenvalue weighted by Crippen LogP contribution is -2.39. The van der Waals surface area contributed by atoms with E-state index in [1.807, 2.05) is 0 Å². The molecule has 0 atom stereocenters. The highest BCUT2D eigenvalue weighted by Gasteiger charge is 2.16. The van der Waals surface area contributed by atoms with Gasteiger partial charge in [0.1, 0.15) is 0 Å². The van der Waals surface area contributed by atoms with Gasteiger partial charge in [0.15, 0.2) is 0 Å². The summed E-state index contributed by atoms with van der Waals surface area (Å²) in [6.07, 6.45) is 2.73. The Labute approximate surface area is 90.0 Å². The number of piperidine rings is 1. The van der Waals surface area contributed by atoms with Crippen LogP contribution in [0.15, 0.2) is 0 Å². The van der Waals surface area contributed by atoms with E-state index in [-0.39, 0.29) is 5.91 Å². The van der Waals surface area contributed by atoms with Crippen molar-refractivity contribution in [1.29, 1.82) is 0 Å². The van der Waals surface area contributed by atoms with Gasteiger partial charge in [0, 0.05) is 13.0 Å². The number of urea groups is 1. The van der Waals surface area contributed by atoms with E-state index in [2.05, 4.69) is 17.1 Å². The maximum Gasteiger partial charge on any atom is 0.318 e. The van der Waals surface area contributed by atoms with Crippen molar-refractivity contribution in [3.63, 3.8) is 0 Å². The van der Waals surface area contributed by atoms with Crippen LogP contribution in [0.4, 0.5) is 4.79 Å². The largest absolute Gasteiger partial charge is 0.351 e. The fourth-order valence-corrected chi connectivity index (χ4v) is 1.75. The molecule has 5 heteroatoms. The molecule has 0 radical (unpaired) electrons. The zero-order valence-electron chi connectivity index (χ0n) is 9.16. The van der Waals surface area contributed by atoms with Gasteiger partial charge < -0.3 is 10.6 Å². The average Bonchev–Trinajstić information content (AvgIpc) is 2.16. The highest BCUT2D eigenvalue weighted by molar-refractivity contribution is 5.93. The van der Waals surface area contributed by atoms with E-state index in [9.17, 15) is 9.59 Å². The molecule has 1 saturated heterocycles. The Bertz CT molecular complexity index is 235. The van der Waals surface area contributed by atoms with Crippen LogP contribution in [0.1, 0.15) is 26.2 Å². The number of carbonyl (C=O) groups excluding carboxylic acids is 2. The maximum atomic E-state index is 11.1. The molecule has 0 saturated carbocycles. The lowest BCUT2D eigenvalue weighted by Gasteiger charge is -2.29. The third kappa shape index (κ3) is 4.78. The molecule has 1 rings (SSSR count). The van der Waals surface area contributed by atoms with E-state index >= 15 is 0 Å². The Morgan fingerprint density at radius 3 is 2.53 bits per heavy atom. The van der Waals surface area contributed by atoms with Crippen molar-refractivity contribution >= 4 is 11.9 Å². The van der Waals surface area contributed by atoms with Gasteiger partial charge in [-0.1, -0.05) is 6.92 Å². The molecule has 3 amide bonds. The Hall–Kier alpha value is -1.10. The third-order valence-corrected chi connectivity index (χ3v) is 2.79. The molecule has 0 aromatic heterocycles. The Morgan fingerprint density at radius 1 is 1.40 bits per heavy atom. The molecule has 0 aliphatic carbocycles. The first-order valence-electron chi connectivity index (χ1n) is 5.39. The fraction of sp³-hybridized carbons (Fsp3) is 0.800. The summed E-state index contributed by atoms with van der Waals surface area (Å²) in [5.74, 6) is 0.502. The van der Waals surface area contributed by atoms with E-state index in [1.54, 1.807) is 0 Å². The number of rotatable bonds is 3. The average molecular weight is 213 g/mol. The van der Waals surface area contributed by atoms with Gasteiger partial charge in [0.2, 0.25) is 5.91 Å². The van der Waals surface area contributed by atoms with Crippen LogP contribution in [0.3, 0.4) is 0 Å². The van der Waals surface area contributed by atoms with Crippen molar-refractivity contribution in [3.8, 4) is 0 Å². The smallest absolute Gasteiger partial charge is 0.318 e. The molecule has 0 spiro atoms. The van der Waals surface area contributed by atoms with Gasteiger partial charge in [-0.05, 0) is 31.8 Å². The monoisotopic (exact) mass is 213 g/mol. The number of nitrogens with one attached hydrogen (secondary N) is 1. The molecular weight excluding hydrogens is 194 g/mol. The lowest BCUT2D eigenvalue weighted by molar-refractivity contribution is -0.120. The van der Waals surface area contributed by atoms with Crippen LogP contribution < -0.4 is 11.1 Å². The highest BCUT2D eigenvalue weighted by atomic mass is 16.2. The summed E-state index contributed by atoms with van der Waals surface area (Å²) in [5.41, 5.74) is 4.84. The van der Waals surface area contributed by atoms with E-state index in [0.717, 1.165) is 19.0 Å². The number of hydrogen-bond acceptors (Lipinski definition) is 3. The number of likely N-dealkylation sites (tertiary alicyclic amines) is 1. The van der Waals surface area contributed by atoms with Crippen LogP contribution in [0, 0.1) is 5.92 Å². The van der Waals surface area contributed by atoms with Crippen LogP contribution in [0.2, 0.25) is 0 Å². The summed E-state index contributed by atoms with van der Waals surface area (Å²) in [5, 5.41) is 2.06. The molecule has 1 aliphatic rings. The second-order valence-electron chi connectivity index (χ2n) is 4.19. The molecule has 1 heterocycles. The predicted octanol–water partition coefficient (Wildman–Crippen LogP) is 0.303. The summed E-state index contributed by atoms with van der Waals surface area (Å²) in [4.78, 5) is 23.8. The number of amides is 3. The maximum absolute atomic E-state index is 11.1. The van der Waals surface area contributed by atoms with Gasteiger partial charge in [-0.3, -0.25) is 10.1 Å². The van der Waals surface area contributed by atoms with Gasteiger partial charge in [0.25, 0.3) is 0 Å². The molecule has 3 N–H and O–H groups in total.